The Morgan fingerprint density at radius 2 is 1.85 bits per heavy atom. The zero-order valence-corrected chi connectivity index (χ0v) is 18.2. The largest absolute Gasteiger partial charge is 0.416 e. The van der Waals surface area contributed by atoms with Crippen LogP contribution < -0.4 is 5.32 Å². The first kappa shape index (κ1) is 22.3. The molecule has 0 unspecified atom stereocenters. The van der Waals surface area contributed by atoms with Crippen molar-refractivity contribution in [3.63, 3.8) is 0 Å². The van der Waals surface area contributed by atoms with Crippen LogP contribution in [0.4, 0.5) is 13.2 Å². The molecule has 0 aliphatic carbocycles. The summed E-state index contributed by atoms with van der Waals surface area (Å²) in [7, 11) is 0. The van der Waals surface area contributed by atoms with Crippen molar-refractivity contribution in [2.75, 3.05) is 0 Å². The van der Waals surface area contributed by atoms with Gasteiger partial charge in [-0.1, -0.05) is 12.1 Å². The maximum absolute atomic E-state index is 13.8. The van der Waals surface area contributed by atoms with Gasteiger partial charge in [0.05, 0.1) is 34.4 Å². The van der Waals surface area contributed by atoms with Crippen LogP contribution in [-0.2, 0) is 12.7 Å². The molecule has 0 fully saturated rings. The molecule has 0 aliphatic rings. The number of nitrogens with one attached hydrogen (secondary N) is 1. The van der Waals surface area contributed by atoms with Crippen molar-refractivity contribution in [2.24, 2.45) is 0 Å². The number of rotatable bonds is 5. The van der Waals surface area contributed by atoms with Crippen LogP contribution in [0, 0.1) is 20.8 Å². The maximum atomic E-state index is 13.8. The third-order valence-corrected chi connectivity index (χ3v) is 5.21. The number of carbonyl (C=O) groups excluding carboxylic acids is 1. The number of nitrogens with zero attached hydrogens (tertiary/aromatic N) is 5. The predicted molar refractivity (Wildman–Crippen MR) is 115 cm³/mol. The van der Waals surface area contributed by atoms with Crippen LogP contribution >= 0.6 is 0 Å². The van der Waals surface area contributed by atoms with E-state index in [9.17, 15) is 18.0 Å². The zero-order chi connectivity index (χ0) is 23.8. The van der Waals surface area contributed by atoms with Crippen LogP contribution in [0.3, 0.4) is 0 Å². The number of amides is 1. The van der Waals surface area contributed by atoms with Crippen molar-refractivity contribution in [1.82, 2.24) is 29.9 Å². The van der Waals surface area contributed by atoms with Crippen LogP contribution in [-0.4, -0.2) is 30.5 Å². The number of hydrogen-bond donors (Lipinski definition) is 1. The van der Waals surface area contributed by atoms with Crippen molar-refractivity contribution >= 4 is 5.91 Å². The Kier molecular flexibility index (Phi) is 5.75. The number of alkyl halides is 3. The van der Waals surface area contributed by atoms with Gasteiger partial charge in [0.2, 0.25) is 0 Å². The molecule has 10 heteroatoms. The van der Waals surface area contributed by atoms with Crippen molar-refractivity contribution < 1.29 is 18.0 Å². The smallest absolute Gasteiger partial charge is 0.348 e. The summed E-state index contributed by atoms with van der Waals surface area (Å²) in [5.74, 6) is 0.0126. The van der Waals surface area contributed by atoms with Gasteiger partial charge in [0.25, 0.3) is 5.91 Å². The molecule has 0 atom stereocenters. The lowest BCUT2D eigenvalue weighted by molar-refractivity contribution is -0.138. The molecule has 4 aromatic rings. The summed E-state index contributed by atoms with van der Waals surface area (Å²) >= 11 is 0. The van der Waals surface area contributed by atoms with Crippen molar-refractivity contribution in [3.8, 4) is 11.5 Å². The van der Waals surface area contributed by atoms with Crippen LogP contribution in [0.2, 0.25) is 0 Å². The molecule has 1 aromatic carbocycles. The number of aromatic nitrogens is 5. The third-order valence-electron chi connectivity index (χ3n) is 5.21. The zero-order valence-electron chi connectivity index (χ0n) is 18.2. The molecule has 1 amide bonds. The van der Waals surface area contributed by atoms with Gasteiger partial charge in [-0.15, -0.1) is 0 Å². The molecule has 4 rings (SSSR count). The van der Waals surface area contributed by atoms with Gasteiger partial charge < -0.3 is 5.32 Å². The SMILES string of the molecule is Cc1cc(C)n(-c2ccc(CNC(=O)c3cnn(-c4ccccn4)c3C)c(C(F)(F)F)c2)n1. The summed E-state index contributed by atoms with van der Waals surface area (Å²) in [6, 6.07) is 11.0. The molecule has 33 heavy (non-hydrogen) atoms. The van der Waals surface area contributed by atoms with Gasteiger partial charge in [0.1, 0.15) is 0 Å². The second-order valence-corrected chi connectivity index (χ2v) is 7.60. The highest BCUT2D eigenvalue weighted by Crippen LogP contribution is 2.33. The molecule has 170 valence electrons. The Hall–Kier alpha value is -3.95. The summed E-state index contributed by atoms with van der Waals surface area (Å²) in [6.45, 7) is 4.95. The van der Waals surface area contributed by atoms with E-state index in [0.717, 1.165) is 11.8 Å². The number of hydrogen-bond acceptors (Lipinski definition) is 4. The fraction of sp³-hybridized carbons (Fsp3) is 0.217. The molecular weight excluding hydrogens is 433 g/mol. The fourth-order valence-electron chi connectivity index (χ4n) is 3.62. The fourth-order valence-corrected chi connectivity index (χ4v) is 3.62. The van der Waals surface area contributed by atoms with Crippen molar-refractivity contribution in [1.29, 1.82) is 0 Å². The number of aryl methyl sites for hydroxylation is 2. The van der Waals surface area contributed by atoms with E-state index in [0.29, 0.717) is 22.9 Å². The van der Waals surface area contributed by atoms with E-state index < -0.39 is 17.6 Å². The van der Waals surface area contributed by atoms with Crippen molar-refractivity contribution in [2.45, 2.75) is 33.5 Å². The van der Waals surface area contributed by atoms with Crippen LogP contribution in [0.1, 0.15) is 38.6 Å². The molecule has 1 N–H and O–H groups in total. The lowest BCUT2D eigenvalue weighted by atomic mass is 10.1. The van der Waals surface area contributed by atoms with Gasteiger partial charge in [-0.2, -0.15) is 23.4 Å². The molecule has 0 aliphatic heterocycles. The van der Waals surface area contributed by atoms with E-state index in [-0.39, 0.29) is 17.7 Å². The lowest BCUT2D eigenvalue weighted by Gasteiger charge is -2.16. The summed E-state index contributed by atoms with van der Waals surface area (Å²) in [5, 5.41) is 11.0. The Morgan fingerprint density at radius 1 is 1.06 bits per heavy atom. The van der Waals surface area contributed by atoms with Gasteiger partial charge in [0, 0.05) is 18.4 Å². The molecule has 0 bridgehead atoms. The second kappa shape index (κ2) is 8.53. The number of halogens is 3. The van der Waals surface area contributed by atoms with Crippen LogP contribution in [0.25, 0.3) is 11.5 Å². The molecule has 3 heterocycles. The van der Waals surface area contributed by atoms with E-state index in [2.05, 4.69) is 20.5 Å². The van der Waals surface area contributed by atoms with E-state index >= 15 is 0 Å². The predicted octanol–water partition coefficient (Wildman–Crippen LogP) is 4.33. The van der Waals surface area contributed by atoms with Crippen LogP contribution in [0.15, 0.2) is 54.9 Å². The van der Waals surface area contributed by atoms with E-state index in [4.69, 9.17) is 0 Å². The topological polar surface area (TPSA) is 77.6 Å². The van der Waals surface area contributed by atoms with Gasteiger partial charge in [-0.25, -0.2) is 14.3 Å². The first-order valence-electron chi connectivity index (χ1n) is 10.1. The minimum atomic E-state index is -4.59. The van der Waals surface area contributed by atoms with Gasteiger partial charge in [-0.3, -0.25) is 4.79 Å². The number of pyridine rings is 1. The number of carbonyl (C=O) groups is 1. The third kappa shape index (κ3) is 4.50. The minimum Gasteiger partial charge on any atom is -0.348 e. The Labute approximate surface area is 187 Å². The Bertz CT molecular complexity index is 1310. The summed E-state index contributed by atoms with van der Waals surface area (Å²) in [4.78, 5) is 16.9. The summed E-state index contributed by atoms with van der Waals surface area (Å²) in [5.41, 5.74) is 1.65. The Balaban J connectivity index is 1.58. The quantitative estimate of drug-likeness (QED) is 0.487. The lowest BCUT2D eigenvalue weighted by Crippen LogP contribution is -2.25. The van der Waals surface area contributed by atoms with Crippen LogP contribution in [0.5, 0.6) is 0 Å². The molecule has 3 aromatic heterocycles. The average Bonchev–Trinajstić information content (AvgIpc) is 3.33. The first-order chi connectivity index (χ1) is 15.6. The molecule has 0 saturated heterocycles. The second-order valence-electron chi connectivity index (χ2n) is 7.60. The highest BCUT2D eigenvalue weighted by atomic mass is 19.4. The average molecular weight is 454 g/mol. The maximum Gasteiger partial charge on any atom is 0.416 e. The molecule has 0 spiro atoms. The molecule has 0 radical (unpaired) electrons. The Morgan fingerprint density at radius 3 is 2.48 bits per heavy atom. The van der Waals surface area contributed by atoms with Gasteiger partial charge in [-0.05, 0) is 56.7 Å². The van der Waals surface area contributed by atoms with E-state index in [1.54, 1.807) is 57.3 Å². The summed E-state index contributed by atoms with van der Waals surface area (Å²) in [6.07, 6.45) is -1.62. The first-order valence-corrected chi connectivity index (χ1v) is 10.1. The monoisotopic (exact) mass is 454 g/mol. The summed E-state index contributed by atoms with van der Waals surface area (Å²) < 4.78 is 44.3. The minimum absolute atomic E-state index is 0.0455. The number of benzene rings is 1. The molecule has 7 nitrogen and oxygen atoms in total. The normalized spacial score (nSPS) is 11.6. The molecular formula is C23H21F3N6O. The highest BCUT2D eigenvalue weighted by molar-refractivity contribution is 5.95. The van der Waals surface area contributed by atoms with E-state index in [1.165, 1.54) is 21.6 Å². The highest BCUT2D eigenvalue weighted by Gasteiger charge is 2.34. The molecule has 0 saturated carbocycles. The van der Waals surface area contributed by atoms with Gasteiger partial charge >= 0.3 is 6.18 Å². The van der Waals surface area contributed by atoms with E-state index in [1.807, 2.05) is 0 Å². The standard InChI is InChI=1S/C23H21F3N6O/c1-14-10-15(2)31(30-14)18-8-7-17(20(11-18)23(24,25)26)12-28-22(33)19-13-29-32(16(19)3)21-6-4-5-9-27-21/h4-11,13H,12H2,1-3H3,(H,28,33). The van der Waals surface area contributed by atoms with Gasteiger partial charge in [0.15, 0.2) is 5.82 Å². The van der Waals surface area contributed by atoms with Crippen molar-refractivity contribution in [3.05, 3.63) is 88.6 Å².